The number of carbonyl (C=O) groups is 1. The minimum Gasteiger partial charge on any atom is -0.491 e. The summed E-state index contributed by atoms with van der Waals surface area (Å²) in [5, 5.41) is 13.4. The highest BCUT2D eigenvalue weighted by Gasteiger charge is 2.32. The Morgan fingerprint density at radius 2 is 2.04 bits per heavy atom. The van der Waals surface area contributed by atoms with Gasteiger partial charge in [-0.25, -0.2) is 4.98 Å². The van der Waals surface area contributed by atoms with Crippen LogP contribution in [-0.4, -0.2) is 34.9 Å². The molecule has 27 heavy (non-hydrogen) atoms. The van der Waals surface area contributed by atoms with Crippen LogP contribution in [-0.2, 0) is 16.1 Å². The first-order valence-corrected chi connectivity index (χ1v) is 9.29. The SMILES string of the molecule is COC(=O)[C@H]1CCCC[C@@H]1COc1ccc(-c2onc(C)c2CO)nc1C. The van der Waals surface area contributed by atoms with E-state index >= 15 is 0 Å². The molecule has 0 amide bonds. The van der Waals surface area contributed by atoms with Crippen LogP contribution in [0, 0.1) is 25.7 Å². The first-order chi connectivity index (χ1) is 13.0. The van der Waals surface area contributed by atoms with E-state index in [9.17, 15) is 9.90 Å². The number of rotatable bonds is 6. The highest BCUT2D eigenvalue weighted by molar-refractivity contribution is 5.72. The molecular weight excluding hydrogens is 348 g/mol. The van der Waals surface area contributed by atoms with Gasteiger partial charge in [0.1, 0.15) is 11.4 Å². The Hall–Kier alpha value is -2.41. The average Bonchev–Trinajstić information content (AvgIpc) is 3.07. The minimum absolute atomic E-state index is 0.0967. The molecule has 1 aliphatic carbocycles. The molecule has 3 rings (SSSR count). The van der Waals surface area contributed by atoms with Gasteiger partial charge in [-0.15, -0.1) is 0 Å². The standard InChI is InChI=1S/C20H26N2O5/c1-12-16(10-23)19(27-22-12)17-8-9-18(13(2)21-17)26-11-14-6-4-5-7-15(14)20(24)25-3/h8-9,14-15,23H,4-7,10-11H2,1-3H3/t14-,15+/m1/s1. The van der Waals surface area contributed by atoms with Crippen LogP contribution in [0.3, 0.4) is 0 Å². The Kier molecular flexibility index (Phi) is 6.11. The van der Waals surface area contributed by atoms with Crippen molar-refractivity contribution in [1.29, 1.82) is 0 Å². The lowest BCUT2D eigenvalue weighted by molar-refractivity contribution is -0.149. The van der Waals surface area contributed by atoms with E-state index in [1.54, 1.807) is 13.0 Å². The fourth-order valence-electron chi connectivity index (χ4n) is 3.67. The van der Waals surface area contributed by atoms with Gasteiger partial charge in [0.2, 0.25) is 0 Å². The molecule has 1 aliphatic rings. The number of aliphatic hydroxyl groups is 1. The second-order valence-corrected chi connectivity index (χ2v) is 7.00. The average molecular weight is 374 g/mol. The molecule has 2 aromatic rings. The number of methoxy groups -OCH3 is 1. The van der Waals surface area contributed by atoms with E-state index in [0.29, 0.717) is 35.1 Å². The van der Waals surface area contributed by atoms with Gasteiger partial charge in [0, 0.05) is 11.5 Å². The number of pyridine rings is 1. The van der Waals surface area contributed by atoms with Crippen LogP contribution in [0.4, 0.5) is 0 Å². The third-order valence-electron chi connectivity index (χ3n) is 5.28. The van der Waals surface area contributed by atoms with Crippen molar-refractivity contribution in [3.63, 3.8) is 0 Å². The highest BCUT2D eigenvalue weighted by Crippen LogP contribution is 2.32. The lowest BCUT2D eigenvalue weighted by Gasteiger charge is -2.29. The minimum atomic E-state index is -0.153. The van der Waals surface area contributed by atoms with Crippen LogP contribution in [0.15, 0.2) is 16.7 Å². The van der Waals surface area contributed by atoms with E-state index in [1.165, 1.54) is 7.11 Å². The summed E-state index contributed by atoms with van der Waals surface area (Å²) >= 11 is 0. The molecule has 0 aromatic carbocycles. The van der Waals surface area contributed by atoms with Crippen LogP contribution < -0.4 is 4.74 Å². The van der Waals surface area contributed by atoms with E-state index in [4.69, 9.17) is 14.0 Å². The van der Waals surface area contributed by atoms with Crippen molar-refractivity contribution in [3.8, 4) is 17.2 Å². The van der Waals surface area contributed by atoms with Crippen molar-refractivity contribution in [2.45, 2.75) is 46.1 Å². The van der Waals surface area contributed by atoms with E-state index in [-0.39, 0.29) is 24.4 Å². The topological polar surface area (TPSA) is 94.7 Å². The third kappa shape index (κ3) is 4.13. The molecule has 7 nitrogen and oxygen atoms in total. The predicted octanol–water partition coefficient (Wildman–Crippen LogP) is 3.20. The summed E-state index contributed by atoms with van der Waals surface area (Å²) in [6.45, 7) is 3.95. The van der Waals surface area contributed by atoms with E-state index in [0.717, 1.165) is 31.4 Å². The van der Waals surface area contributed by atoms with Gasteiger partial charge in [0.05, 0.1) is 37.6 Å². The van der Waals surface area contributed by atoms with Crippen molar-refractivity contribution in [1.82, 2.24) is 10.1 Å². The van der Waals surface area contributed by atoms with Gasteiger partial charge >= 0.3 is 5.97 Å². The summed E-state index contributed by atoms with van der Waals surface area (Å²) in [5.41, 5.74) is 2.61. The van der Waals surface area contributed by atoms with Crippen molar-refractivity contribution in [2.24, 2.45) is 11.8 Å². The molecular formula is C20H26N2O5. The van der Waals surface area contributed by atoms with Crippen LogP contribution in [0.2, 0.25) is 0 Å². The molecule has 146 valence electrons. The quantitative estimate of drug-likeness (QED) is 0.776. The molecule has 2 heterocycles. The molecule has 2 atom stereocenters. The van der Waals surface area contributed by atoms with Gasteiger partial charge < -0.3 is 19.1 Å². The maximum atomic E-state index is 12.0. The zero-order chi connectivity index (χ0) is 19.4. The van der Waals surface area contributed by atoms with Crippen molar-refractivity contribution >= 4 is 5.97 Å². The Morgan fingerprint density at radius 3 is 2.74 bits per heavy atom. The molecule has 0 radical (unpaired) electrons. The lowest BCUT2D eigenvalue weighted by atomic mass is 9.80. The predicted molar refractivity (Wildman–Crippen MR) is 98.1 cm³/mol. The normalized spacial score (nSPS) is 19.7. The number of esters is 1. The van der Waals surface area contributed by atoms with Crippen LogP contribution in [0.25, 0.3) is 11.5 Å². The Bertz CT molecular complexity index is 802. The number of aromatic nitrogens is 2. The molecule has 0 aliphatic heterocycles. The molecule has 0 saturated heterocycles. The Labute approximate surface area is 158 Å². The Balaban J connectivity index is 1.72. The largest absolute Gasteiger partial charge is 0.491 e. The molecule has 0 unspecified atom stereocenters. The van der Waals surface area contributed by atoms with Gasteiger partial charge in [-0.2, -0.15) is 0 Å². The molecule has 2 aromatic heterocycles. The van der Waals surface area contributed by atoms with E-state index in [2.05, 4.69) is 10.1 Å². The number of aliphatic hydroxyl groups excluding tert-OH is 1. The van der Waals surface area contributed by atoms with Gasteiger partial charge in [-0.05, 0) is 38.8 Å². The zero-order valence-electron chi connectivity index (χ0n) is 16.0. The number of aryl methyl sites for hydroxylation is 2. The second kappa shape index (κ2) is 8.52. The van der Waals surface area contributed by atoms with Crippen LogP contribution in [0.5, 0.6) is 5.75 Å². The van der Waals surface area contributed by atoms with E-state index < -0.39 is 0 Å². The summed E-state index contributed by atoms with van der Waals surface area (Å²) in [5.74, 6) is 1.06. The van der Waals surface area contributed by atoms with Crippen molar-refractivity contribution in [3.05, 3.63) is 29.1 Å². The summed E-state index contributed by atoms with van der Waals surface area (Å²) in [4.78, 5) is 16.5. The molecule has 1 fully saturated rings. The summed E-state index contributed by atoms with van der Waals surface area (Å²) < 4.78 is 16.2. The number of hydrogen-bond donors (Lipinski definition) is 1. The number of hydrogen-bond acceptors (Lipinski definition) is 7. The first kappa shape index (κ1) is 19.4. The zero-order valence-corrected chi connectivity index (χ0v) is 16.0. The van der Waals surface area contributed by atoms with Crippen LogP contribution >= 0.6 is 0 Å². The van der Waals surface area contributed by atoms with Crippen molar-refractivity contribution < 1.29 is 23.9 Å². The molecule has 7 heteroatoms. The summed E-state index contributed by atoms with van der Waals surface area (Å²) in [6, 6.07) is 3.63. The van der Waals surface area contributed by atoms with E-state index in [1.807, 2.05) is 13.0 Å². The molecule has 0 spiro atoms. The highest BCUT2D eigenvalue weighted by atomic mass is 16.5. The Morgan fingerprint density at radius 1 is 1.26 bits per heavy atom. The fraction of sp³-hybridized carbons (Fsp3) is 0.550. The first-order valence-electron chi connectivity index (χ1n) is 9.29. The number of carbonyl (C=O) groups excluding carboxylic acids is 1. The lowest BCUT2D eigenvalue weighted by Crippen LogP contribution is -2.32. The van der Waals surface area contributed by atoms with Crippen molar-refractivity contribution in [2.75, 3.05) is 13.7 Å². The summed E-state index contributed by atoms with van der Waals surface area (Å²) in [6.07, 6.45) is 3.97. The number of ether oxygens (including phenoxy) is 2. The second-order valence-electron chi connectivity index (χ2n) is 7.00. The maximum Gasteiger partial charge on any atom is 0.309 e. The molecule has 1 N–H and O–H groups in total. The van der Waals surface area contributed by atoms with Gasteiger partial charge in [0.25, 0.3) is 0 Å². The fourth-order valence-corrected chi connectivity index (χ4v) is 3.67. The molecule has 0 bridgehead atoms. The summed E-state index contributed by atoms with van der Waals surface area (Å²) in [7, 11) is 1.44. The van der Waals surface area contributed by atoms with Gasteiger partial charge in [-0.3, -0.25) is 4.79 Å². The van der Waals surface area contributed by atoms with Gasteiger partial charge in [0.15, 0.2) is 5.76 Å². The smallest absolute Gasteiger partial charge is 0.309 e. The third-order valence-corrected chi connectivity index (χ3v) is 5.28. The monoisotopic (exact) mass is 374 g/mol. The number of nitrogens with zero attached hydrogens (tertiary/aromatic N) is 2. The maximum absolute atomic E-state index is 12.0. The van der Waals surface area contributed by atoms with Crippen LogP contribution in [0.1, 0.15) is 42.6 Å². The van der Waals surface area contributed by atoms with Gasteiger partial charge in [-0.1, -0.05) is 18.0 Å². The molecule has 1 saturated carbocycles.